The SMILES string of the molecule is Cc1ccccc1-n1c(SCC(=O)c2ccccc2)nc2sc3c(c2c1=O)CCN(C)C3. The maximum absolute atomic E-state index is 13.8. The van der Waals surface area contributed by atoms with Gasteiger partial charge in [-0.15, -0.1) is 11.3 Å². The van der Waals surface area contributed by atoms with E-state index < -0.39 is 0 Å². The standard InChI is InChI=1S/C25H23N3O2S2/c1-16-8-6-7-11-19(16)28-24(30)22-18-12-13-27(2)14-21(18)32-23(22)26-25(28)31-15-20(29)17-9-4-3-5-10-17/h3-11H,12-15H2,1-2H3. The average Bonchev–Trinajstić information content (AvgIpc) is 3.16. The fourth-order valence-electron chi connectivity index (χ4n) is 4.11. The molecule has 162 valence electrons. The molecular formula is C25H23N3O2S2. The van der Waals surface area contributed by atoms with Gasteiger partial charge in [-0.2, -0.15) is 0 Å². The van der Waals surface area contributed by atoms with Crippen LogP contribution in [0, 0.1) is 6.92 Å². The molecule has 5 rings (SSSR count). The minimum Gasteiger partial charge on any atom is -0.301 e. The van der Waals surface area contributed by atoms with Gasteiger partial charge >= 0.3 is 0 Å². The first kappa shape index (κ1) is 21.1. The Morgan fingerprint density at radius 2 is 1.88 bits per heavy atom. The summed E-state index contributed by atoms with van der Waals surface area (Å²) >= 11 is 2.93. The monoisotopic (exact) mass is 461 g/mol. The summed E-state index contributed by atoms with van der Waals surface area (Å²) in [6.45, 7) is 3.77. The Kier molecular flexibility index (Phi) is 5.71. The van der Waals surface area contributed by atoms with Gasteiger partial charge in [0.15, 0.2) is 10.9 Å². The summed E-state index contributed by atoms with van der Waals surface area (Å²) in [4.78, 5) is 35.8. The predicted molar refractivity (Wildman–Crippen MR) is 131 cm³/mol. The second-order valence-corrected chi connectivity index (χ2v) is 10.1. The molecule has 32 heavy (non-hydrogen) atoms. The van der Waals surface area contributed by atoms with Gasteiger partial charge in [-0.3, -0.25) is 14.2 Å². The van der Waals surface area contributed by atoms with E-state index in [0.29, 0.717) is 10.7 Å². The summed E-state index contributed by atoms with van der Waals surface area (Å²) in [6.07, 6.45) is 0.857. The average molecular weight is 462 g/mol. The number of carbonyl (C=O) groups is 1. The summed E-state index contributed by atoms with van der Waals surface area (Å²) in [5.74, 6) is 0.246. The number of Topliss-reactive ketones (excluding diaryl/α,β-unsaturated/α-hetero) is 1. The number of hydrogen-bond acceptors (Lipinski definition) is 6. The number of thiophene rings is 1. The molecule has 0 spiro atoms. The zero-order valence-corrected chi connectivity index (χ0v) is 19.6. The molecule has 1 aliphatic heterocycles. The van der Waals surface area contributed by atoms with Crippen LogP contribution in [0.5, 0.6) is 0 Å². The number of thioether (sulfide) groups is 1. The smallest absolute Gasteiger partial charge is 0.267 e. The first-order valence-corrected chi connectivity index (χ1v) is 12.4. The van der Waals surface area contributed by atoms with Gasteiger partial charge in [0.25, 0.3) is 5.56 Å². The number of para-hydroxylation sites is 1. The van der Waals surface area contributed by atoms with Crippen LogP contribution in [0.1, 0.15) is 26.4 Å². The highest BCUT2D eigenvalue weighted by molar-refractivity contribution is 7.99. The molecule has 0 amide bonds. The third-order valence-electron chi connectivity index (χ3n) is 5.82. The molecule has 0 fully saturated rings. The Hall–Kier alpha value is -2.74. The van der Waals surface area contributed by atoms with Gasteiger partial charge in [0.1, 0.15) is 4.83 Å². The van der Waals surface area contributed by atoms with Crippen LogP contribution in [0.25, 0.3) is 15.9 Å². The summed E-state index contributed by atoms with van der Waals surface area (Å²) in [5, 5.41) is 1.30. The summed E-state index contributed by atoms with van der Waals surface area (Å²) in [6, 6.07) is 17.1. The Morgan fingerprint density at radius 3 is 2.66 bits per heavy atom. The highest BCUT2D eigenvalue weighted by Crippen LogP contribution is 2.34. The molecule has 5 nitrogen and oxygen atoms in total. The number of aryl methyl sites for hydroxylation is 1. The van der Waals surface area contributed by atoms with Crippen LogP contribution in [-0.4, -0.2) is 39.6 Å². The molecule has 1 aliphatic rings. The number of carbonyl (C=O) groups excluding carboxylic acids is 1. The number of rotatable bonds is 5. The highest BCUT2D eigenvalue weighted by atomic mass is 32.2. The molecule has 0 saturated carbocycles. The number of fused-ring (bicyclic) bond motifs is 3. The number of nitrogens with zero attached hydrogens (tertiary/aromatic N) is 3. The minimum atomic E-state index is -0.0407. The van der Waals surface area contributed by atoms with E-state index in [2.05, 4.69) is 11.9 Å². The van der Waals surface area contributed by atoms with Crippen molar-refractivity contribution in [3.63, 3.8) is 0 Å². The van der Waals surface area contributed by atoms with Crippen LogP contribution < -0.4 is 5.56 Å². The van der Waals surface area contributed by atoms with Crippen LogP contribution in [0.3, 0.4) is 0 Å². The van der Waals surface area contributed by atoms with Gasteiger partial charge < -0.3 is 4.90 Å². The number of hydrogen-bond donors (Lipinski definition) is 0. The molecule has 4 aromatic rings. The summed E-state index contributed by atoms with van der Waals surface area (Å²) in [5.41, 5.74) is 3.58. The molecule has 0 atom stereocenters. The van der Waals surface area contributed by atoms with E-state index in [1.807, 2.05) is 61.5 Å². The summed E-state index contributed by atoms with van der Waals surface area (Å²) < 4.78 is 1.70. The third-order valence-corrected chi connectivity index (χ3v) is 7.87. The van der Waals surface area contributed by atoms with Crippen molar-refractivity contribution in [3.8, 4) is 5.69 Å². The quantitative estimate of drug-likeness (QED) is 0.245. The first-order valence-electron chi connectivity index (χ1n) is 10.6. The van der Waals surface area contributed by atoms with Gasteiger partial charge in [-0.05, 0) is 37.6 Å². The van der Waals surface area contributed by atoms with Crippen molar-refractivity contribution in [2.45, 2.75) is 25.0 Å². The Balaban J connectivity index is 1.64. The first-order chi connectivity index (χ1) is 15.5. The largest absolute Gasteiger partial charge is 0.301 e. The zero-order valence-electron chi connectivity index (χ0n) is 18.0. The molecule has 0 N–H and O–H groups in total. The molecule has 0 bridgehead atoms. The predicted octanol–water partition coefficient (Wildman–Crippen LogP) is 4.72. The normalized spacial score (nSPS) is 13.9. The number of aromatic nitrogens is 2. The topological polar surface area (TPSA) is 55.2 Å². The molecule has 2 aromatic carbocycles. The Labute approximate surface area is 194 Å². The lowest BCUT2D eigenvalue weighted by molar-refractivity contribution is 0.102. The van der Waals surface area contributed by atoms with E-state index in [1.54, 1.807) is 15.9 Å². The maximum Gasteiger partial charge on any atom is 0.267 e. The van der Waals surface area contributed by atoms with Gasteiger partial charge in [0.05, 0.1) is 16.8 Å². The Morgan fingerprint density at radius 1 is 1.12 bits per heavy atom. The number of likely N-dealkylation sites (N-methyl/N-ethyl adjacent to an activating group) is 1. The van der Waals surface area contributed by atoms with Gasteiger partial charge in [0.2, 0.25) is 0 Å². The lowest BCUT2D eigenvalue weighted by Gasteiger charge is -2.22. The van der Waals surface area contributed by atoms with E-state index in [4.69, 9.17) is 4.98 Å². The maximum atomic E-state index is 13.8. The second kappa shape index (κ2) is 8.65. The Bertz CT molecular complexity index is 1380. The molecule has 2 aromatic heterocycles. The fourth-order valence-corrected chi connectivity index (χ4v) is 6.35. The van der Waals surface area contributed by atoms with Crippen LogP contribution in [0.2, 0.25) is 0 Å². The van der Waals surface area contributed by atoms with Crippen LogP contribution in [-0.2, 0) is 13.0 Å². The molecule has 3 heterocycles. The molecular weight excluding hydrogens is 438 g/mol. The van der Waals surface area contributed by atoms with Crippen molar-refractivity contribution in [2.75, 3.05) is 19.3 Å². The van der Waals surface area contributed by atoms with E-state index in [1.165, 1.54) is 16.6 Å². The zero-order chi connectivity index (χ0) is 22.2. The highest BCUT2D eigenvalue weighted by Gasteiger charge is 2.25. The third kappa shape index (κ3) is 3.81. The van der Waals surface area contributed by atoms with Gasteiger partial charge in [-0.1, -0.05) is 60.3 Å². The molecule has 7 heteroatoms. The van der Waals surface area contributed by atoms with E-state index in [0.717, 1.165) is 46.5 Å². The van der Waals surface area contributed by atoms with Crippen molar-refractivity contribution < 1.29 is 4.79 Å². The minimum absolute atomic E-state index is 0.0216. The van der Waals surface area contributed by atoms with E-state index in [9.17, 15) is 9.59 Å². The molecule has 0 saturated heterocycles. The van der Waals surface area contributed by atoms with Crippen molar-refractivity contribution in [2.24, 2.45) is 0 Å². The fraction of sp³-hybridized carbons (Fsp3) is 0.240. The molecule has 0 aliphatic carbocycles. The van der Waals surface area contributed by atoms with Crippen molar-refractivity contribution in [1.29, 1.82) is 0 Å². The van der Waals surface area contributed by atoms with E-state index >= 15 is 0 Å². The molecule has 0 radical (unpaired) electrons. The van der Waals surface area contributed by atoms with Crippen LogP contribution >= 0.6 is 23.1 Å². The number of benzene rings is 2. The lowest BCUT2D eigenvalue weighted by Crippen LogP contribution is -2.27. The van der Waals surface area contributed by atoms with Crippen LogP contribution in [0.4, 0.5) is 0 Å². The lowest BCUT2D eigenvalue weighted by atomic mass is 10.1. The number of ketones is 1. The van der Waals surface area contributed by atoms with E-state index in [-0.39, 0.29) is 17.1 Å². The van der Waals surface area contributed by atoms with Crippen LogP contribution in [0.15, 0.2) is 64.5 Å². The van der Waals surface area contributed by atoms with Gasteiger partial charge in [-0.25, -0.2) is 4.98 Å². The van der Waals surface area contributed by atoms with Crippen molar-refractivity contribution in [1.82, 2.24) is 14.5 Å². The second-order valence-electron chi connectivity index (χ2n) is 8.07. The van der Waals surface area contributed by atoms with Crippen molar-refractivity contribution in [3.05, 3.63) is 86.5 Å². The molecule has 0 unspecified atom stereocenters. The summed E-state index contributed by atoms with van der Waals surface area (Å²) in [7, 11) is 2.10. The van der Waals surface area contributed by atoms with Gasteiger partial charge in [0, 0.05) is 23.5 Å². The van der Waals surface area contributed by atoms with Crippen molar-refractivity contribution >= 4 is 39.1 Å².